The molecule has 0 spiro atoms. The molecule has 2 N–H and O–H groups in total. The Hall–Kier alpha value is -4.64. The van der Waals surface area contributed by atoms with E-state index in [1.807, 2.05) is 67.7 Å². The van der Waals surface area contributed by atoms with E-state index < -0.39 is 0 Å². The minimum absolute atomic E-state index is 0.157. The molecule has 0 saturated heterocycles. The Labute approximate surface area is 212 Å². The number of anilines is 2. The highest BCUT2D eigenvalue weighted by Gasteiger charge is 2.37. The van der Waals surface area contributed by atoms with Gasteiger partial charge in [-0.15, -0.1) is 5.10 Å². The van der Waals surface area contributed by atoms with Crippen LogP contribution in [0.1, 0.15) is 23.0 Å². The zero-order valence-electron chi connectivity index (χ0n) is 20.3. The van der Waals surface area contributed by atoms with Crippen LogP contribution in [0.2, 0.25) is 0 Å². The first-order chi connectivity index (χ1) is 18.1. The van der Waals surface area contributed by atoms with Crippen molar-refractivity contribution in [1.29, 1.82) is 0 Å². The third kappa shape index (κ3) is 4.19. The summed E-state index contributed by atoms with van der Waals surface area (Å²) in [4.78, 5) is 14.7. The van der Waals surface area contributed by atoms with E-state index in [2.05, 4.69) is 31.1 Å². The highest BCUT2D eigenvalue weighted by Crippen LogP contribution is 2.50. The lowest BCUT2D eigenvalue weighted by atomic mass is 9.90. The van der Waals surface area contributed by atoms with Crippen molar-refractivity contribution in [2.75, 3.05) is 38.1 Å². The third-order valence-corrected chi connectivity index (χ3v) is 6.51. The topological polar surface area (TPSA) is 116 Å². The van der Waals surface area contributed by atoms with Crippen LogP contribution in [0, 0.1) is 0 Å². The maximum Gasteiger partial charge on any atom is 0.323 e. The van der Waals surface area contributed by atoms with Gasteiger partial charge in [0, 0.05) is 23.5 Å². The van der Waals surface area contributed by atoms with E-state index in [1.165, 1.54) is 0 Å². The number of benzene rings is 3. The number of amides is 2. The van der Waals surface area contributed by atoms with Gasteiger partial charge in [0.15, 0.2) is 17.3 Å². The Morgan fingerprint density at radius 1 is 1.05 bits per heavy atom. The van der Waals surface area contributed by atoms with Gasteiger partial charge in [-0.3, -0.25) is 4.90 Å². The molecule has 3 heterocycles. The molecule has 0 unspecified atom stereocenters. The van der Waals surface area contributed by atoms with Crippen molar-refractivity contribution < 1.29 is 19.0 Å². The predicted octanol–water partition coefficient (Wildman–Crippen LogP) is 3.62. The summed E-state index contributed by atoms with van der Waals surface area (Å²) >= 11 is 0. The number of tetrazole rings is 1. The number of carbonyl (C=O) groups excluding carboxylic acids is 1. The monoisotopic (exact) mass is 499 g/mol. The average molecular weight is 500 g/mol. The number of methoxy groups -OCH3 is 1. The van der Waals surface area contributed by atoms with Crippen LogP contribution < -0.4 is 24.8 Å². The maximum absolute atomic E-state index is 12.5. The van der Waals surface area contributed by atoms with Gasteiger partial charge >= 0.3 is 6.03 Å². The van der Waals surface area contributed by atoms with Crippen LogP contribution in [0.15, 0.2) is 60.7 Å². The van der Waals surface area contributed by atoms with Crippen molar-refractivity contribution in [3.8, 4) is 22.9 Å². The highest BCUT2D eigenvalue weighted by molar-refractivity contribution is 5.99. The Morgan fingerprint density at radius 3 is 2.70 bits per heavy atom. The number of fused-ring (bicyclic) bond motifs is 2. The molecular formula is C26H25N7O4. The number of carbonyl (C=O) groups is 1. The van der Waals surface area contributed by atoms with E-state index in [4.69, 9.17) is 14.2 Å². The number of hydrogen-bond donors (Lipinski definition) is 2. The summed E-state index contributed by atoms with van der Waals surface area (Å²) in [7, 11) is 3.66. The van der Waals surface area contributed by atoms with Crippen LogP contribution in [0.5, 0.6) is 17.2 Å². The van der Waals surface area contributed by atoms with Gasteiger partial charge in [-0.2, -0.15) is 4.68 Å². The van der Waals surface area contributed by atoms with Gasteiger partial charge in [0.05, 0.1) is 12.8 Å². The van der Waals surface area contributed by atoms with E-state index in [9.17, 15) is 4.79 Å². The number of aromatic nitrogens is 4. The summed E-state index contributed by atoms with van der Waals surface area (Å²) in [6.07, 6.45) is 0.826. The summed E-state index contributed by atoms with van der Waals surface area (Å²) in [5.41, 5.74) is 4.07. The van der Waals surface area contributed by atoms with E-state index >= 15 is 0 Å². The molecule has 1 atom stereocenters. The van der Waals surface area contributed by atoms with E-state index in [0.717, 1.165) is 24.1 Å². The number of nitrogens with one attached hydrogen (secondary N) is 2. The van der Waals surface area contributed by atoms with Gasteiger partial charge < -0.3 is 24.8 Å². The van der Waals surface area contributed by atoms with Crippen molar-refractivity contribution in [3.63, 3.8) is 0 Å². The lowest BCUT2D eigenvalue weighted by Gasteiger charge is -2.34. The fourth-order valence-electron chi connectivity index (χ4n) is 4.84. The van der Waals surface area contributed by atoms with Crippen LogP contribution >= 0.6 is 0 Å². The van der Waals surface area contributed by atoms with Crippen molar-refractivity contribution in [3.05, 3.63) is 77.6 Å². The minimum Gasteiger partial charge on any atom is -0.492 e. The van der Waals surface area contributed by atoms with Crippen LogP contribution in [0.3, 0.4) is 0 Å². The molecule has 0 fully saturated rings. The van der Waals surface area contributed by atoms with Gasteiger partial charge in [-0.05, 0) is 65.9 Å². The SMILES string of the molecule is COc1c2c(cc3c1[C@@H](c1nnnn1-c1cccc(NC(=O)Nc4ccccc4)c1)N(C)CC3)OCO2. The van der Waals surface area contributed by atoms with E-state index in [0.29, 0.717) is 40.1 Å². The molecule has 2 aliphatic rings. The lowest BCUT2D eigenvalue weighted by Crippen LogP contribution is -2.35. The average Bonchev–Trinajstić information content (AvgIpc) is 3.58. The molecule has 3 aromatic carbocycles. The normalized spacial score (nSPS) is 16.2. The predicted molar refractivity (Wildman–Crippen MR) is 136 cm³/mol. The maximum atomic E-state index is 12.5. The summed E-state index contributed by atoms with van der Waals surface area (Å²) < 4.78 is 18.9. The Morgan fingerprint density at radius 2 is 1.86 bits per heavy atom. The number of nitrogens with zero attached hydrogens (tertiary/aromatic N) is 5. The molecule has 6 rings (SSSR count). The molecule has 11 heteroatoms. The van der Waals surface area contributed by atoms with Crippen molar-refractivity contribution in [2.24, 2.45) is 0 Å². The molecule has 0 aliphatic carbocycles. The summed E-state index contributed by atoms with van der Waals surface area (Å²) in [5.74, 6) is 2.53. The Bertz CT molecular complexity index is 1460. The standard InChI is InChI=1S/C26H25N7O4/c1-32-12-11-16-13-20-23(37-15-36-20)24(35-2)21(16)22(32)25-29-30-31-33(25)19-10-6-9-18(14-19)28-26(34)27-17-7-4-3-5-8-17/h3-10,13-14,22H,11-12,15H2,1-2H3,(H2,27,28,34)/t22-/m0/s1. The smallest absolute Gasteiger partial charge is 0.323 e. The van der Waals surface area contributed by atoms with Gasteiger partial charge in [-0.1, -0.05) is 24.3 Å². The number of urea groups is 1. The van der Waals surface area contributed by atoms with Gasteiger partial charge in [0.1, 0.15) is 6.04 Å². The van der Waals surface area contributed by atoms with E-state index in [1.54, 1.807) is 11.8 Å². The second kappa shape index (κ2) is 9.43. The zero-order chi connectivity index (χ0) is 25.4. The molecule has 4 aromatic rings. The third-order valence-electron chi connectivity index (χ3n) is 6.51. The van der Waals surface area contributed by atoms with Gasteiger partial charge in [-0.25, -0.2) is 4.79 Å². The van der Waals surface area contributed by atoms with Gasteiger partial charge in [0.2, 0.25) is 12.5 Å². The minimum atomic E-state index is -0.345. The molecule has 0 bridgehead atoms. The van der Waals surface area contributed by atoms with Crippen LogP contribution in [-0.4, -0.2) is 58.6 Å². The molecule has 2 aliphatic heterocycles. The number of hydrogen-bond acceptors (Lipinski definition) is 8. The number of ether oxygens (including phenoxy) is 3. The molecule has 188 valence electrons. The zero-order valence-corrected chi connectivity index (χ0v) is 20.3. The molecule has 1 aromatic heterocycles. The number of likely N-dealkylation sites (N-methyl/N-ethyl adjacent to an activating group) is 1. The number of rotatable bonds is 5. The lowest BCUT2D eigenvalue weighted by molar-refractivity contribution is 0.170. The fourth-order valence-corrected chi connectivity index (χ4v) is 4.84. The second-order valence-corrected chi connectivity index (χ2v) is 8.79. The van der Waals surface area contributed by atoms with Crippen molar-refractivity contribution >= 4 is 17.4 Å². The van der Waals surface area contributed by atoms with Crippen molar-refractivity contribution in [1.82, 2.24) is 25.1 Å². The molecular weight excluding hydrogens is 474 g/mol. The van der Waals surface area contributed by atoms with Crippen LogP contribution in [-0.2, 0) is 6.42 Å². The number of para-hydroxylation sites is 1. The molecule has 0 saturated carbocycles. The largest absolute Gasteiger partial charge is 0.492 e. The molecule has 11 nitrogen and oxygen atoms in total. The first-order valence-electron chi connectivity index (χ1n) is 11.8. The highest BCUT2D eigenvalue weighted by atomic mass is 16.7. The second-order valence-electron chi connectivity index (χ2n) is 8.79. The summed E-state index contributed by atoms with van der Waals surface area (Å²) in [6, 6.07) is 18.0. The van der Waals surface area contributed by atoms with E-state index in [-0.39, 0.29) is 18.9 Å². The van der Waals surface area contributed by atoms with Gasteiger partial charge in [0.25, 0.3) is 0 Å². The van der Waals surface area contributed by atoms with Crippen LogP contribution in [0.25, 0.3) is 5.69 Å². The quantitative estimate of drug-likeness (QED) is 0.428. The summed E-state index contributed by atoms with van der Waals surface area (Å²) in [5, 5.41) is 18.4. The Kier molecular flexibility index (Phi) is 5.81. The van der Waals surface area contributed by atoms with Crippen LogP contribution in [0.4, 0.5) is 16.2 Å². The fraction of sp³-hybridized carbons (Fsp3) is 0.231. The first-order valence-corrected chi connectivity index (χ1v) is 11.8. The molecule has 0 radical (unpaired) electrons. The molecule has 37 heavy (non-hydrogen) atoms. The Balaban J connectivity index is 1.34. The summed E-state index contributed by atoms with van der Waals surface area (Å²) in [6.45, 7) is 0.957. The first kappa shape index (κ1) is 22.8. The molecule has 2 amide bonds. The van der Waals surface area contributed by atoms with Crippen molar-refractivity contribution in [2.45, 2.75) is 12.5 Å².